The fourth-order valence-electron chi connectivity index (χ4n) is 10.4. The van der Waals surface area contributed by atoms with Gasteiger partial charge in [-0.25, -0.2) is 39.5 Å². The van der Waals surface area contributed by atoms with Crippen molar-refractivity contribution in [2.24, 2.45) is 17.8 Å². The fraction of sp³-hybridized carbons (Fsp3) is 0.347. The van der Waals surface area contributed by atoms with Gasteiger partial charge in [-0.1, -0.05) is 139 Å². The summed E-state index contributed by atoms with van der Waals surface area (Å²) in [5.74, 6) is 3.43. The van der Waals surface area contributed by atoms with Crippen LogP contribution in [-0.4, -0.2) is 146 Å². The van der Waals surface area contributed by atoms with Crippen molar-refractivity contribution >= 4 is 186 Å². The van der Waals surface area contributed by atoms with Gasteiger partial charge < -0.3 is 64.4 Å². The molecule has 0 atom stereocenters. The molecule has 0 saturated carbocycles. The van der Waals surface area contributed by atoms with E-state index < -0.39 is 0 Å². The Morgan fingerprint density at radius 2 is 0.838 bits per heavy atom. The summed E-state index contributed by atoms with van der Waals surface area (Å²) in [5.41, 5.74) is 5.01. The molecule has 33 heteroatoms. The van der Waals surface area contributed by atoms with Gasteiger partial charge in [-0.3, -0.25) is 14.4 Å². The van der Waals surface area contributed by atoms with E-state index in [0.717, 1.165) is 65.4 Å². The van der Waals surface area contributed by atoms with Gasteiger partial charge in [0.25, 0.3) is 0 Å². The second kappa shape index (κ2) is 54.3. The standard InChI is InChI=1S/C26H28N4O4.C18H19ClN4O3.C18H22N4O2.C8H10BO3.CH3I.CH4.I2.3HI.V/c1-2-33-23-11-7-6-10-21(23)22-16-24(28-18-27-22)29-25(31)20-12-14-30(15-13-20)26(32)34-17-19-8-4-3-5-9-19;19-15-10-16(21-12-20-15)22-17(24)14-6-8-23(9-7-14)18(25)26-11-13-4-2-1-3-5-13;1-2-24-16-6-4-3-5-14(16)15-11-17(21-12-20-15)22-18(23)13-7-9-19-10-8-13;1-2-11-7-5-3-4-6-8(7)12-9-10;1-2;;1-2;;;;/h3-11,16,18,20H,2,12-15,17H2,1H3,(H,27,28,29,31);1-5,10,12,14H,6-9,11H2,(H,20,21,22,24);3-6,11-13,19H,2,7-10H2,1H3,(H,20,21,22,23);3-6,10H,2H2,1H3;1H3;1H4;;3*1H;/q;;;;;;;;;;+3/p-3. The predicted molar refractivity (Wildman–Crippen MR) is 461 cm³/mol. The maximum atomic E-state index is 12.8. The van der Waals surface area contributed by atoms with Crippen molar-refractivity contribution < 1.29 is 62.3 Å². The molecule has 3 aliphatic heterocycles. The molecule has 5 N–H and O–H groups in total. The van der Waals surface area contributed by atoms with E-state index in [1.165, 1.54) is 25.0 Å². The summed E-state index contributed by atoms with van der Waals surface area (Å²) in [6, 6.07) is 46.6. The summed E-state index contributed by atoms with van der Waals surface area (Å²) in [5, 5.41) is 20.5. The van der Waals surface area contributed by atoms with Crippen LogP contribution in [-0.2, 0) is 42.0 Å². The molecule has 3 fully saturated rings. The molecule has 3 aromatic heterocycles. The molecule has 3 saturated heterocycles. The summed E-state index contributed by atoms with van der Waals surface area (Å²) < 4.78 is 32.1. The molecule has 8 aromatic rings. The van der Waals surface area contributed by atoms with Gasteiger partial charge in [0, 0.05) is 110 Å². The van der Waals surface area contributed by atoms with Gasteiger partial charge in [-0.15, -0.1) is 0 Å². The number of aromatic nitrogens is 6. The minimum atomic E-state index is -0.352. The molecule has 5 amide bonds. The third kappa shape index (κ3) is 34.5. The topological polar surface area (TPSA) is 293 Å². The monoisotopic (exact) mass is 2170 g/mol. The Labute approximate surface area is 695 Å². The van der Waals surface area contributed by atoms with Gasteiger partial charge in [0.2, 0.25) is 17.7 Å². The van der Waals surface area contributed by atoms with Crippen molar-refractivity contribution in [1.82, 2.24) is 45.0 Å². The molecule has 0 unspecified atom stereocenters. The summed E-state index contributed by atoms with van der Waals surface area (Å²) in [6.07, 6.45) is 7.49. The zero-order valence-corrected chi connectivity index (χ0v) is 72.7. The zero-order valence-electron chi connectivity index (χ0n) is 57.6. The van der Waals surface area contributed by atoms with E-state index >= 15 is 0 Å². The second-order valence-corrected chi connectivity index (χ2v) is 57.8. The maximum absolute atomic E-state index is 12.8. The van der Waals surface area contributed by atoms with Crippen LogP contribution in [0.15, 0.2) is 171 Å². The molecule has 563 valence electrons. The van der Waals surface area contributed by atoms with Gasteiger partial charge in [0.1, 0.15) is 72.1 Å². The number of piperidine rings is 3. The Morgan fingerprint density at radius 3 is 1.22 bits per heavy atom. The first-order valence-electron chi connectivity index (χ1n) is 32.9. The number of amides is 5. The molecule has 11 rings (SSSR count). The van der Waals surface area contributed by atoms with Crippen molar-refractivity contribution in [3.05, 3.63) is 187 Å². The van der Waals surface area contributed by atoms with E-state index in [9.17, 15) is 24.0 Å². The first-order valence-corrected chi connectivity index (χ1v) is 55.2. The number of nitrogens with one attached hydrogen (secondary N) is 4. The van der Waals surface area contributed by atoms with E-state index in [0.29, 0.717) is 114 Å². The second-order valence-electron chi connectivity index (χ2n) is 22.1. The summed E-state index contributed by atoms with van der Waals surface area (Å²) in [6.45, 7) is 11.6. The van der Waals surface area contributed by atoms with Gasteiger partial charge in [0.05, 0.1) is 31.2 Å². The molecule has 0 bridgehead atoms. The molecule has 0 aliphatic carbocycles. The quantitative estimate of drug-likeness (QED) is 0.0205. The SMILES string of the molecule is C.CCOc1ccccc1-c1cc(NC(=O)C2CCN(C(=O)OCc3ccccc3)CC2)ncn1.CCOc1ccccc1-c1cc(NC(=O)C2CCNCC2)ncn1.CCOc1ccccc1O[B]O.CI.II.O=C(Nc1cc(Cl)ncn1)C1CCN(C(=O)OCc2ccccc2)CC1.[I][V]([I])[I]. The van der Waals surface area contributed by atoms with Crippen LogP contribution >= 0.6 is 131 Å². The number of nitrogens with zero attached hydrogens (tertiary/aromatic N) is 8. The van der Waals surface area contributed by atoms with Crippen LogP contribution < -0.4 is 40.1 Å². The van der Waals surface area contributed by atoms with Crippen LogP contribution in [0.5, 0.6) is 23.0 Å². The van der Waals surface area contributed by atoms with Crippen LogP contribution in [0.25, 0.3) is 22.5 Å². The third-order valence-electron chi connectivity index (χ3n) is 15.3. The van der Waals surface area contributed by atoms with Crippen LogP contribution in [0.3, 0.4) is 0 Å². The Balaban J connectivity index is 0.000000297. The number of likely N-dealkylation sites (tertiary alicyclic amines) is 2. The molecule has 6 heterocycles. The van der Waals surface area contributed by atoms with E-state index in [1.54, 1.807) is 40.1 Å². The number of halogens is 7. The number of rotatable bonds is 20. The minimum absolute atomic E-state index is 0. The zero-order chi connectivity index (χ0) is 75.3. The molecule has 3 aliphatic rings. The number of carbonyl (C=O) groups excluding carboxylic acids is 5. The average molecular weight is 2170 g/mol. The van der Waals surface area contributed by atoms with E-state index in [4.69, 9.17) is 45.0 Å². The Bertz CT molecular complexity index is 3800. The van der Waals surface area contributed by atoms with Gasteiger partial charge in [-0.05, 0) is 125 Å². The predicted octanol–water partition coefficient (Wildman–Crippen LogP) is 17.2. The normalized spacial score (nSPS) is 13.1. The third-order valence-corrected chi connectivity index (χ3v) is 15.6. The van der Waals surface area contributed by atoms with Crippen molar-refractivity contribution in [2.45, 2.75) is 79.9 Å². The van der Waals surface area contributed by atoms with Gasteiger partial charge in [-0.2, -0.15) is 0 Å². The van der Waals surface area contributed by atoms with Gasteiger partial charge in [0.15, 0.2) is 5.75 Å². The number of alkyl halides is 1. The van der Waals surface area contributed by atoms with Crippen LogP contribution in [0, 0.1) is 17.8 Å². The molecule has 24 nitrogen and oxygen atoms in total. The van der Waals surface area contributed by atoms with Crippen LogP contribution in [0.2, 0.25) is 5.15 Å². The van der Waals surface area contributed by atoms with E-state index in [2.05, 4.69) is 171 Å². The van der Waals surface area contributed by atoms with Crippen LogP contribution in [0.1, 0.15) is 77.8 Å². The number of hydrogen-bond acceptors (Lipinski definition) is 19. The van der Waals surface area contributed by atoms with Gasteiger partial charge >= 0.3 is 84.7 Å². The number of ether oxygens (including phenoxy) is 5. The first-order chi connectivity index (χ1) is 50.6. The van der Waals surface area contributed by atoms with Crippen molar-refractivity contribution in [3.63, 3.8) is 0 Å². The summed E-state index contributed by atoms with van der Waals surface area (Å²) in [7, 11) is 0.637. The number of carbonyl (C=O) groups is 5. The summed E-state index contributed by atoms with van der Waals surface area (Å²) >= 11 is 19.6. The van der Waals surface area contributed by atoms with E-state index in [1.807, 2.05) is 141 Å². The average Bonchev–Trinajstić information content (AvgIpc) is 0.854. The van der Waals surface area contributed by atoms with Crippen molar-refractivity contribution in [3.8, 4) is 45.5 Å². The van der Waals surface area contributed by atoms with E-state index in [-0.39, 0.29) is 78.4 Å². The molecule has 105 heavy (non-hydrogen) atoms. The number of benzene rings is 5. The Kier molecular flexibility index (Phi) is 47.7. The Hall–Kier alpha value is -5.27. The first kappa shape index (κ1) is 92.1. The fourth-order valence-corrected chi connectivity index (χ4v) is 10.5. The molecule has 0 spiro atoms. The number of anilines is 3. The molecule has 1 radical (unpaired) electrons. The van der Waals surface area contributed by atoms with Crippen LogP contribution in [0.4, 0.5) is 27.0 Å². The molecule has 5 aromatic carbocycles. The number of hydrogen-bond donors (Lipinski definition) is 5. The molecular weight excluding hydrogens is 2080 g/mol. The Morgan fingerprint density at radius 1 is 0.505 bits per heavy atom. The van der Waals surface area contributed by atoms with Crippen molar-refractivity contribution in [1.29, 1.82) is 0 Å². The number of para-hydroxylation sites is 4. The van der Waals surface area contributed by atoms with Crippen molar-refractivity contribution in [2.75, 3.05) is 80.0 Å². The molecular formula is C72H86BClI6N12O12V. The summed E-state index contributed by atoms with van der Waals surface area (Å²) in [4.78, 5) is 91.8.